The van der Waals surface area contributed by atoms with E-state index in [4.69, 9.17) is 5.53 Å². The van der Waals surface area contributed by atoms with Crippen molar-refractivity contribution in [2.45, 2.75) is 0 Å². The number of hydrogen-bond donors (Lipinski definition) is 0. The van der Waals surface area contributed by atoms with E-state index in [1.807, 2.05) is 0 Å². The standard InChI is InChI=1S/C6H4N4O2/c7-9-8-5-2-1-3-6(4-5)10(11)12/h1-4H. The highest BCUT2D eigenvalue weighted by atomic mass is 16.6. The van der Waals surface area contributed by atoms with Crippen LogP contribution in [-0.2, 0) is 0 Å². The molecule has 0 aliphatic carbocycles. The summed E-state index contributed by atoms with van der Waals surface area (Å²) < 4.78 is 0. The predicted molar refractivity (Wildman–Crippen MR) is 41.9 cm³/mol. The zero-order valence-corrected chi connectivity index (χ0v) is 5.91. The highest BCUT2D eigenvalue weighted by Crippen LogP contribution is 2.19. The highest BCUT2D eigenvalue weighted by Gasteiger charge is 2.03. The minimum Gasteiger partial charge on any atom is -0.258 e. The van der Waals surface area contributed by atoms with Gasteiger partial charge in [-0.25, -0.2) is 0 Å². The van der Waals surface area contributed by atoms with E-state index in [0.29, 0.717) is 0 Å². The molecule has 0 bridgehead atoms. The van der Waals surface area contributed by atoms with Crippen molar-refractivity contribution in [3.05, 3.63) is 44.8 Å². The summed E-state index contributed by atoms with van der Waals surface area (Å²) in [5, 5.41) is 13.5. The van der Waals surface area contributed by atoms with Gasteiger partial charge in [-0.05, 0) is 5.53 Å². The number of nitro benzene ring substituents is 1. The molecule has 6 heteroatoms. The summed E-state index contributed by atoms with van der Waals surface area (Å²) in [6.45, 7) is 0. The molecular formula is C6H4N4O2. The molecule has 60 valence electrons. The number of benzene rings is 1. The van der Waals surface area contributed by atoms with Crippen LogP contribution in [-0.4, -0.2) is 4.92 Å². The number of nitrogens with zero attached hydrogens (tertiary/aromatic N) is 4. The highest BCUT2D eigenvalue weighted by molar-refractivity contribution is 5.46. The zero-order valence-electron chi connectivity index (χ0n) is 5.91. The van der Waals surface area contributed by atoms with Gasteiger partial charge in [-0.15, -0.1) is 0 Å². The fraction of sp³-hybridized carbons (Fsp3) is 0. The quantitative estimate of drug-likeness (QED) is 0.221. The van der Waals surface area contributed by atoms with Gasteiger partial charge in [0.25, 0.3) is 5.69 Å². The van der Waals surface area contributed by atoms with E-state index < -0.39 is 4.92 Å². The smallest absolute Gasteiger partial charge is 0.258 e. The van der Waals surface area contributed by atoms with Crippen LogP contribution >= 0.6 is 0 Å². The van der Waals surface area contributed by atoms with E-state index in [1.54, 1.807) is 0 Å². The maximum atomic E-state index is 10.2. The second-order valence-corrected chi connectivity index (χ2v) is 1.97. The van der Waals surface area contributed by atoms with Crippen LogP contribution < -0.4 is 0 Å². The van der Waals surface area contributed by atoms with Crippen LogP contribution in [0.2, 0.25) is 0 Å². The third-order valence-corrected chi connectivity index (χ3v) is 1.20. The van der Waals surface area contributed by atoms with Gasteiger partial charge in [0.05, 0.1) is 4.92 Å². The molecule has 0 saturated heterocycles. The molecule has 0 saturated carbocycles. The lowest BCUT2D eigenvalue weighted by atomic mass is 10.3. The summed E-state index contributed by atoms with van der Waals surface area (Å²) >= 11 is 0. The first kappa shape index (κ1) is 8.03. The Kier molecular flexibility index (Phi) is 2.25. The van der Waals surface area contributed by atoms with Gasteiger partial charge in [0, 0.05) is 22.7 Å². The Bertz CT molecular complexity index is 339. The number of hydrogen-bond acceptors (Lipinski definition) is 3. The SMILES string of the molecule is [N-]=[N+]=Nc1cccc([N+](=O)[O-])c1. The fourth-order valence-corrected chi connectivity index (χ4v) is 0.720. The molecule has 0 fully saturated rings. The summed E-state index contributed by atoms with van der Waals surface area (Å²) in [5.74, 6) is 0. The van der Waals surface area contributed by atoms with Gasteiger partial charge in [0.15, 0.2) is 0 Å². The second-order valence-electron chi connectivity index (χ2n) is 1.97. The van der Waals surface area contributed by atoms with Crippen molar-refractivity contribution < 1.29 is 4.92 Å². The van der Waals surface area contributed by atoms with Crippen LogP contribution in [0, 0.1) is 10.1 Å². The Balaban J connectivity index is 3.11. The normalized spacial score (nSPS) is 8.67. The van der Waals surface area contributed by atoms with Crippen molar-refractivity contribution >= 4 is 11.4 Å². The molecule has 1 aromatic rings. The monoisotopic (exact) mass is 164 g/mol. The minimum absolute atomic E-state index is 0.0834. The first-order chi connectivity index (χ1) is 5.74. The van der Waals surface area contributed by atoms with Crippen molar-refractivity contribution in [2.24, 2.45) is 5.11 Å². The Hall–Kier alpha value is -2.07. The van der Waals surface area contributed by atoms with Gasteiger partial charge < -0.3 is 0 Å². The first-order valence-corrected chi connectivity index (χ1v) is 3.03. The molecule has 0 aliphatic heterocycles. The topological polar surface area (TPSA) is 91.9 Å². The van der Waals surface area contributed by atoms with E-state index in [-0.39, 0.29) is 11.4 Å². The Labute approximate surface area is 67.2 Å². The maximum absolute atomic E-state index is 10.2. The summed E-state index contributed by atoms with van der Waals surface area (Å²) in [5.41, 5.74) is 8.20. The van der Waals surface area contributed by atoms with E-state index in [0.717, 1.165) is 0 Å². The Morgan fingerprint density at radius 1 is 1.58 bits per heavy atom. The molecule has 0 heterocycles. The van der Waals surface area contributed by atoms with Gasteiger partial charge in [-0.1, -0.05) is 17.2 Å². The molecule has 0 N–H and O–H groups in total. The fourth-order valence-electron chi connectivity index (χ4n) is 0.720. The van der Waals surface area contributed by atoms with Gasteiger partial charge in [0.1, 0.15) is 0 Å². The average Bonchev–Trinajstić information content (AvgIpc) is 2.05. The molecule has 1 aromatic carbocycles. The molecule has 0 atom stereocenters. The first-order valence-electron chi connectivity index (χ1n) is 3.03. The number of azide groups is 1. The van der Waals surface area contributed by atoms with Crippen LogP contribution in [0.15, 0.2) is 29.4 Å². The zero-order chi connectivity index (χ0) is 8.97. The van der Waals surface area contributed by atoms with Crippen LogP contribution in [0.3, 0.4) is 0 Å². The third-order valence-electron chi connectivity index (χ3n) is 1.20. The van der Waals surface area contributed by atoms with E-state index in [9.17, 15) is 10.1 Å². The van der Waals surface area contributed by atoms with Crippen LogP contribution in [0.25, 0.3) is 10.4 Å². The van der Waals surface area contributed by atoms with Crippen molar-refractivity contribution in [1.82, 2.24) is 0 Å². The molecule has 1 rings (SSSR count). The minimum atomic E-state index is -0.545. The Morgan fingerprint density at radius 3 is 2.92 bits per heavy atom. The van der Waals surface area contributed by atoms with Crippen molar-refractivity contribution in [1.29, 1.82) is 0 Å². The number of non-ortho nitro benzene ring substituents is 1. The third kappa shape index (κ3) is 1.71. The molecule has 6 nitrogen and oxygen atoms in total. The molecular weight excluding hydrogens is 160 g/mol. The van der Waals surface area contributed by atoms with Crippen molar-refractivity contribution in [3.63, 3.8) is 0 Å². The molecule has 0 aromatic heterocycles. The van der Waals surface area contributed by atoms with Crippen molar-refractivity contribution in [3.8, 4) is 0 Å². The van der Waals surface area contributed by atoms with E-state index in [2.05, 4.69) is 10.0 Å². The largest absolute Gasteiger partial charge is 0.269 e. The van der Waals surface area contributed by atoms with Gasteiger partial charge >= 0.3 is 0 Å². The maximum Gasteiger partial charge on any atom is 0.269 e. The predicted octanol–water partition coefficient (Wildman–Crippen LogP) is 2.54. The van der Waals surface area contributed by atoms with E-state index >= 15 is 0 Å². The summed E-state index contributed by atoms with van der Waals surface area (Å²) in [6.07, 6.45) is 0. The molecule has 0 spiro atoms. The summed E-state index contributed by atoms with van der Waals surface area (Å²) in [4.78, 5) is 12.2. The molecule has 0 aliphatic rings. The molecule has 0 amide bonds. The van der Waals surface area contributed by atoms with E-state index in [1.165, 1.54) is 24.3 Å². The lowest BCUT2D eigenvalue weighted by molar-refractivity contribution is -0.384. The summed E-state index contributed by atoms with van der Waals surface area (Å²) in [7, 11) is 0. The van der Waals surface area contributed by atoms with Crippen molar-refractivity contribution in [2.75, 3.05) is 0 Å². The molecule has 12 heavy (non-hydrogen) atoms. The second kappa shape index (κ2) is 3.36. The number of rotatable bonds is 2. The number of nitro groups is 1. The lowest BCUT2D eigenvalue weighted by Gasteiger charge is -1.90. The summed E-state index contributed by atoms with van der Waals surface area (Å²) in [6, 6.07) is 5.49. The average molecular weight is 164 g/mol. The Morgan fingerprint density at radius 2 is 2.33 bits per heavy atom. The van der Waals surface area contributed by atoms with Crippen LogP contribution in [0.4, 0.5) is 11.4 Å². The van der Waals surface area contributed by atoms with Gasteiger partial charge in [-0.3, -0.25) is 10.1 Å². The van der Waals surface area contributed by atoms with Gasteiger partial charge in [-0.2, -0.15) is 0 Å². The lowest BCUT2D eigenvalue weighted by Crippen LogP contribution is -1.85. The van der Waals surface area contributed by atoms with Crippen LogP contribution in [0.1, 0.15) is 0 Å². The van der Waals surface area contributed by atoms with Crippen LogP contribution in [0.5, 0.6) is 0 Å². The molecule has 0 radical (unpaired) electrons. The molecule has 0 unspecified atom stereocenters. The van der Waals surface area contributed by atoms with Gasteiger partial charge in [0.2, 0.25) is 0 Å².